The fourth-order valence-corrected chi connectivity index (χ4v) is 3.26. The van der Waals surface area contributed by atoms with Gasteiger partial charge in [0.15, 0.2) is 0 Å². The summed E-state index contributed by atoms with van der Waals surface area (Å²) in [5.74, 6) is 0. The number of benzene rings is 1. The molecule has 0 aromatic heterocycles. The zero-order valence-corrected chi connectivity index (χ0v) is 13.3. The van der Waals surface area contributed by atoms with Crippen LogP contribution in [-0.2, 0) is 6.54 Å². The molecule has 5 heteroatoms. The van der Waals surface area contributed by atoms with Crippen LogP contribution in [0.4, 0.5) is 0 Å². The van der Waals surface area contributed by atoms with Crippen molar-refractivity contribution >= 4 is 27.5 Å². The summed E-state index contributed by atoms with van der Waals surface area (Å²) in [6.07, 6.45) is 0. The molecule has 0 saturated carbocycles. The summed E-state index contributed by atoms with van der Waals surface area (Å²) in [4.78, 5) is 5.14. The third-order valence-electron chi connectivity index (χ3n) is 4.07. The normalized spacial score (nSPS) is 22.4. The monoisotopic (exact) mass is 343 g/mol. The molecule has 0 amide bonds. The van der Waals surface area contributed by atoms with E-state index in [-0.39, 0.29) is 0 Å². The molecule has 1 aromatic rings. The SMILES string of the molecule is Clc1ccc(CN2CCN(C3CNC3)CC2)cc1Br. The first kappa shape index (κ1) is 13.8. The first-order chi connectivity index (χ1) is 9.22. The van der Waals surface area contributed by atoms with Crippen LogP contribution in [-0.4, -0.2) is 55.1 Å². The van der Waals surface area contributed by atoms with Crippen LogP contribution in [0.1, 0.15) is 5.56 Å². The molecule has 0 unspecified atom stereocenters. The number of hydrogen-bond acceptors (Lipinski definition) is 3. The molecule has 3 nitrogen and oxygen atoms in total. The van der Waals surface area contributed by atoms with Crippen molar-refractivity contribution in [3.63, 3.8) is 0 Å². The van der Waals surface area contributed by atoms with E-state index in [9.17, 15) is 0 Å². The predicted molar refractivity (Wildman–Crippen MR) is 82.7 cm³/mol. The molecule has 2 heterocycles. The van der Waals surface area contributed by atoms with Crippen LogP contribution in [0.5, 0.6) is 0 Å². The zero-order chi connectivity index (χ0) is 13.2. The van der Waals surface area contributed by atoms with Crippen molar-refractivity contribution in [1.29, 1.82) is 0 Å². The van der Waals surface area contributed by atoms with E-state index >= 15 is 0 Å². The Hall–Kier alpha value is -0.130. The van der Waals surface area contributed by atoms with Gasteiger partial charge in [-0.3, -0.25) is 9.80 Å². The maximum Gasteiger partial charge on any atom is 0.0548 e. The summed E-state index contributed by atoms with van der Waals surface area (Å²) in [7, 11) is 0. The zero-order valence-electron chi connectivity index (χ0n) is 10.9. The van der Waals surface area contributed by atoms with E-state index in [2.05, 4.69) is 43.2 Å². The van der Waals surface area contributed by atoms with E-state index in [0.717, 1.165) is 35.2 Å². The fraction of sp³-hybridized carbons (Fsp3) is 0.571. The van der Waals surface area contributed by atoms with E-state index in [1.54, 1.807) is 0 Å². The lowest BCUT2D eigenvalue weighted by Gasteiger charge is -2.43. The van der Waals surface area contributed by atoms with Crippen LogP contribution in [0.3, 0.4) is 0 Å². The third kappa shape index (κ3) is 3.31. The van der Waals surface area contributed by atoms with Crippen LogP contribution in [0.2, 0.25) is 5.02 Å². The van der Waals surface area contributed by atoms with Crippen molar-refractivity contribution in [1.82, 2.24) is 15.1 Å². The van der Waals surface area contributed by atoms with Gasteiger partial charge in [-0.1, -0.05) is 17.7 Å². The maximum atomic E-state index is 6.03. The number of piperazine rings is 1. The lowest BCUT2D eigenvalue weighted by atomic mass is 10.1. The Kier molecular flexibility index (Phi) is 4.44. The lowest BCUT2D eigenvalue weighted by Crippen LogP contribution is -2.61. The molecule has 0 atom stereocenters. The predicted octanol–water partition coefficient (Wildman–Crippen LogP) is 2.19. The molecule has 2 aliphatic rings. The molecule has 2 fully saturated rings. The van der Waals surface area contributed by atoms with Crippen LogP contribution in [0.25, 0.3) is 0 Å². The fourth-order valence-electron chi connectivity index (χ4n) is 2.71. The average molecular weight is 345 g/mol. The maximum absolute atomic E-state index is 6.03. The molecule has 0 spiro atoms. The van der Waals surface area contributed by atoms with E-state index in [0.29, 0.717) is 0 Å². The van der Waals surface area contributed by atoms with Crippen molar-refractivity contribution in [3.8, 4) is 0 Å². The molecule has 1 aromatic carbocycles. The molecular formula is C14H19BrClN3. The van der Waals surface area contributed by atoms with Gasteiger partial charge in [0, 0.05) is 56.3 Å². The number of hydrogen-bond donors (Lipinski definition) is 1. The van der Waals surface area contributed by atoms with E-state index in [1.165, 1.54) is 31.7 Å². The minimum atomic E-state index is 0.783. The van der Waals surface area contributed by atoms with E-state index < -0.39 is 0 Å². The largest absolute Gasteiger partial charge is 0.314 e. The molecule has 104 valence electrons. The van der Waals surface area contributed by atoms with Gasteiger partial charge in [0.25, 0.3) is 0 Å². The molecule has 0 radical (unpaired) electrons. The van der Waals surface area contributed by atoms with E-state index in [1.807, 2.05) is 6.07 Å². The molecular weight excluding hydrogens is 326 g/mol. The quantitative estimate of drug-likeness (QED) is 0.907. The smallest absolute Gasteiger partial charge is 0.0548 e. The highest BCUT2D eigenvalue weighted by Crippen LogP contribution is 2.24. The minimum Gasteiger partial charge on any atom is -0.314 e. The van der Waals surface area contributed by atoms with Crippen molar-refractivity contribution in [2.75, 3.05) is 39.3 Å². The van der Waals surface area contributed by atoms with Crippen molar-refractivity contribution < 1.29 is 0 Å². The first-order valence-corrected chi connectivity index (χ1v) is 8.00. The van der Waals surface area contributed by atoms with Crippen molar-refractivity contribution in [2.45, 2.75) is 12.6 Å². The van der Waals surface area contributed by atoms with Gasteiger partial charge in [0.1, 0.15) is 0 Å². The lowest BCUT2D eigenvalue weighted by molar-refractivity contribution is 0.0695. The standard InChI is InChI=1S/C14H19BrClN3/c15-13-7-11(1-2-14(13)16)10-18-3-5-19(6-4-18)12-8-17-9-12/h1-2,7,12,17H,3-6,8-10H2. The van der Waals surface area contributed by atoms with Gasteiger partial charge in [0.2, 0.25) is 0 Å². The summed E-state index contributed by atoms with van der Waals surface area (Å²) in [5, 5.41) is 4.13. The highest BCUT2D eigenvalue weighted by molar-refractivity contribution is 9.10. The Morgan fingerprint density at radius 2 is 1.95 bits per heavy atom. The summed E-state index contributed by atoms with van der Waals surface area (Å²) in [6.45, 7) is 8.08. The van der Waals surface area contributed by atoms with E-state index in [4.69, 9.17) is 11.6 Å². The van der Waals surface area contributed by atoms with Gasteiger partial charge in [-0.25, -0.2) is 0 Å². The molecule has 1 N–H and O–H groups in total. The first-order valence-electron chi connectivity index (χ1n) is 6.83. The highest BCUT2D eigenvalue weighted by Gasteiger charge is 2.27. The number of rotatable bonds is 3. The van der Waals surface area contributed by atoms with Gasteiger partial charge >= 0.3 is 0 Å². The van der Waals surface area contributed by atoms with Crippen LogP contribution in [0, 0.1) is 0 Å². The second-order valence-corrected chi connectivity index (χ2v) is 6.63. The second kappa shape index (κ2) is 6.10. The number of halogens is 2. The molecule has 0 bridgehead atoms. The third-order valence-corrected chi connectivity index (χ3v) is 5.29. The van der Waals surface area contributed by atoms with Gasteiger partial charge in [-0.05, 0) is 33.6 Å². The van der Waals surface area contributed by atoms with Gasteiger partial charge in [-0.15, -0.1) is 0 Å². The molecule has 2 aliphatic heterocycles. The Morgan fingerprint density at radius 1 is 1.21 bits per heavy atom. The van der Waals surface area contributed by atoms with Crippen LogP contribution < -0.4 is 5.32 Å². The van der Waals surface area contributed by atoms with Gasteiger partial charge in [0.05, 0.1) is 5.02 Å². The second-order valence-electron chi connectivity index (χ2n) is 5.37. The summed E-state index contributed by atoms with van der Waals surface area (Å²) < 4.78 is 0.992. The molecule has 2 saturated heterocycles. The molecule has 19 heavy (non-hydrogen) atoms. The van der Waals surface area contributed by atoms with Crippen molar-refractivity contribution in [2.24, 2.45) is 0 Å². The number of nitrogens with one attached hydrogen (secondary N) is 1. The summed E-state index contributed by atoms with van der Waals surface area (Å²) in [6, 6.07) is 7.00. The number of nitrogens with zero attached hydrogens (tertiary/aromatic N) is 2. The Bertz CT molecular complexity index is 442. The Labute approximate surface area is 128 Å². The topological polar surface area (TPSA) is 18.5 Å². The summed E-state index contributed by atoms with van der Waals surface area (Å²) >= 11 is 9.52. The Morgan fingerprint density at radius 3 is 2.53 bits per heavy atom. The highest BCUT2D eigenvalue weighted by atomic mass is 79.9. The van der Waals surface area contributed by atoms with Gasteiger partial charge < -0.3 is 5.32 Å². The molecule has 3 rings (SSSR count). The van der Waals surface area contributed by atoms with Gasteiger partial charge in [-0.2, -0.15) is 0 Å². The summed E-state index contributed by atoms with van der Waals surface area (Å²) in [5.41, 5.74) is 1.33. The Balaban J connectivity index is 1.52. The minimum absolute atomic E-state index is 0.783. The molecule has 0 aliphatic carbocycles. The van der Waals surface area contributed by atoms with Crippen LogP contribution >= 0.6 is 27.5 Å². The van der Waals surface area contributed by atoms with Crippen LogP contribution in [0.15, 0.2) is 22.7 Å². The van der Waals surface area contributed by atoms with Crippen molar-refractivity contribution in [3.05, 3.63) is 33.3 Å². The average Bonchev–Trinajstić information content (AvgIpc) is 2.34.